The molecule has 0 aliphatic carbocycles. The molecule has 108 valence electrons. The van der Waals surface area contributed by atoms with E-state index in [0.717, 1.165) is 0 Å². The van der Waals surface area contributed by atoms with E-state index < -0.39 is 11.6 Å². The number of rotatable bonds is 5. The summed E-state index contributed by atoms with van der Waals surface area (Å²) in [5, 5.41) is 18.0. The Hall–Kier alpha value is -2.04. The normalized spacial score (nSPS) is 21.1. The Morgan fingerprint density at radius 1 is 1.40 bits per heavy atom. The smallest absolute Gasteiger partial charge is 0.303 e. The summed E-state index contributed by atoms with van der Waals surface area (Å²) in [6.45, 7) is 1.86. The molecular weight excluding hydrogens is 260 g/mol. The van der Waals surface area contributed by atoms with Crippen molar-refractivity contribution in [2.75, 3.05) is 0 Å². The molecule has 1 atom stereocenters. The van der Waals surface area contributed by atoms with Crippen LogP contribution in [0.2, 0.25) is 0 Å². The molecule has 5 heteroatoms. The van der Waals surface area contributed by atoms with Crippen LogP contribution in [-0.2, 0) is 4.79 Å². The Bertz CT molecular complexity index is 537. The molecule has 1 unspecified atom stereocenters. The molecule has 0 spiro atoms. The second-order valence-electron chi connectivity index (χ2n) is 5.43. The van der Waals surface area contributed by atoms with Crippen molar-refractivity contribution in [1.82, 2.24) is 0 Å². The number of phenolic OH excluding ortho intramolecular Hbond substituents is 1. The van der Waals surface area contributed by atoms with Gasteiger partial charge in [0.25, 0.3) is 0 Å². The van der Waals surface area contributed by atoms with E-state index in [0.29, 0.717) is 30.6 Å². The van der Waals surface area contributed by atoms with E-state index in [9.17, 15) is 14.7 Å². The van der Waals surface area contributed by atoms with E-state index in [-0.39, 0.29) is 24.4 Å². The lowest BCUT2D eigenvalue weighted by Gasteiger charge is -2.35. The van der Waals surface area contributed by atoms with Crippen molar-refractivity contribution in [2.45, 2.75) is 44.6 Å². The van der Waals surface area contributed by atoms with E-state index in [1.807, 2.05) is 6.92 Å². The van der Waals surface area contributed by atoms with Crippen molar-refractivity contribution in [3.05, 3.63) is 23.8 Å². The largest absolute Gasteiger partial charge is 0.508 e. The number of unbranched alkanes of at least 4 members (excludes halogenated alkanes) is 1. The number of carbonyl (C=O) groups excluding carboxylic acids is 1. The van der Waals surface area contributed by atoms with E-state index in [4.69, 9.17) is 9.84 Å². The SMILES string of the molecule is CC1(CCCCC(=O)O)CC(=O)c2cc(O)ccc2O1. The Labute approximate surface area is 117 Å². The number of carboxylic acid groups (broad SMARTS) is 1. The molecule has 0 fully saturated rings. The highest BCUT2D eigenvalue weighted by Crippen LogP contribution is 2.37. The van der Waals surface area contributed by atoms with Crippen LogP contribution in [0, 0.1) is 0 Å². The van der Waals surface area contributed by atoms with Gasteiger partial charge in [-0.25, -0.2) is 0 Å². The lowest BCUT2D eigenvalue weighted by atomic mass is 9.87. The molecule has 1 aromatic carbocycles. The third-order valence-electron chi connectivity index (χ3n) is 3.50. The lowest BCUT2D eigenvalue weighted by molar-refractivity contribution is -0.137. The topological polar surface area (TPSA) is 83.8 Å². The number of hydrogen-bond acceptors (Lipinski definition) is 4. The number of fused-ring (bicyclic) bond motifs is 1. The van der Waals surface area contributed by atoms with Gasteiger partial charge in [-0.05, 0) is 44.4 Å². The van der Waals surface area contributed by atoms with Gasteiger partial charge in [0.1, 0.15) is 17.1 Å². The Morgan fingerprint density at radius 3 is 2.85 bits per heavy atom. The molecule has 2 rings (SSSR count). The van der Waals surface area contributed by atoms with Gasteiger partial charge in [-0.3, -0.25) is 9.59 Å². The average Bonchev–Trinajstić information content (AvgIpc) is 2.36. The van der Waals surface area contributed by atoms with Crippen molar-refractivity contribution in [3.8, 4) is 11.5 Å². The standard InChI is InChI=1S/C15H18O5/c1-15(7-3-2-4-14(18)19)9-12(17)11-8-10(16)5-6-13(11)20-15/h5-6,8,16H,2-4,7,9H2,1H3,(H,18,19). The second kappa shape index (κ2) is 5.53. The molecule has 0 aromatic heterocycles. The van der Waals surface area contributed by atoms with Crippen molar-refractivity contribution in [2.24, 2.45) is 0 Å². The third kappa shape index (κ3) is 3.29. The highest BCUT2D eigenvalue weighted by molar-refractivity contribution is 6.00. The maximum absolute atomic E-state index is 12.1. The minimum absolute atomic E-state index is 0.0470. The highest BCUT2D eigenvalue weighted by Gasteiger charge is 2.36. The Balaban J connectivity index is 2.03. The fraction of sp³-hybridized carbons (Fsp3) is 0.467. The number of phenols is 1. The summed E-state index contributed by atoms with van der Waals surface area (Å²) in [6, 6.07) is 4.50. The second-order valence-corrected chi connectivity index (χ2v) is 5.43. The van der Waals surface area contributed by atoms with Crippen LogP contribution in [0.4, 0.5) is 0 Å². The predicted molar refractivity (Wildman–Crippen MR) is 72.2 cm³/mol. The minimum Gasteiger partial charge on any atom is -0.508 e. The quantitative estimate of drug-likeness (QED) is 0.809. The zero-order chi connectivity index (χ0) is 14.8. The first-order chi connectivity index (χ1) is 9.39. The summed E-state index contributed by atoms with van der Waals surface area (Å²) in [6.07, 6.45) is 2.28. The zero-order valence-electron chi connectivity index (χ0n) is 11.4. The molecule has 0 saturated carbocycles. The molecule has 5 nitrogen and oxygen atoms in total. The van der Waals surface area contributed by atoms with Gasteiger partial charge in [0.05, 0.1) is 12.0 Å². The van der Waals surface area contributed by atoms with E-state index in [1.54, 1.807) is 6.07 Å². The summed E-state index contributed by atoms with van der Waals surface area (Å²) >= 11 is 0. The van der Waals surface area contributed by atoms with Gasteiger partial charge in [0.15, 0.2) is 5.78 Å². The van der Waals surface area contributed by atoms with Crippen molar-refractivity contribution >= 4 is 11.8 Å². The van der Waals surface area contributed by atoms with Crippen molar-refractivity contribution in [1.29, 1.82) is 0 Å². The van der Waals surface area contributed by atoms with Gasteiger partial charge >= 0.3 is 5.97 Å². The van der Waals surface area contributed by atoms with Crippen LogP contribution < -0.4 is 4.74 Å². The molecule has 20 heavy (non-hydrogen) atoms. The number of carboxylic acids is 1. The van der Waals surface area contributed by atoms with Gasteiger partial charge in [0, 0.05) is 6.42 Å². The van der Waals surface area contributed by atoms with Crippen LogP contribution in [0.1, 0.15) is 49.4 Å². The van der Waals surface area contributed by atoms with Crippen molar-refractivity contribution < 1.29 is 24.5 Å². The van der Waals surface area contributed by atoms with Crippen LogP contribution >= 0.6 is 0 Å². The van der Waals surface area contributed by atoms with Crippen LogP contribution in [0.25, 0.3) is 0 Å². The highest BCUT2D eigenvalue weighted by atomic mass is 16.5. The molecule has 1 aromatic rings. The van der Waals surface area contributed by atoms with E-state index in [1.165, 1.54) is 12.1 Å². The third-order valence-corrected chi connectivity index (χ3v) is 3.50. The van der Waals surface area contributed by atoms with Gasteiger partial charge < -0.3 is 14.9 Å². The first kappa shape index (κ1) is 14.4. The molecule has 1 aliphatic heterocycles. The molecule has 1 heterocycles. The van der Waals surface area contributed by atoms with Gasteiger partial charge in [-0.2, -0.15) is 0 Å². The molecule has 0 saturated heterocycles. The summed E-state index contributed by atoms with van der Waals surface area (Å²) in [5.41, 5.74) is -0.187. The number of carbonyl (C=O) groups is 2. The van der Waals surface area contributed by atoms with Gasteiger partial charge in [-0.15, -0.1) is 0 Å². The molecule has 1 aliphatic rings. The monoisotopic (exact) mass is 278 g/mol. The first-order valence-electron chi connectivity index (χ1n) is 6.67. The predicted octanol–water partition coefficient (Wildman–Crippen LogP) is 2.76. The number of benzene rings is 1. The molecule has 0 radical (unpaired) electrons. The number of hydrogen-bond donors (Lipinski definition) is 2. The van der Waals surface area contributed by atoms with Crippen LogP contribution in [0.5, 0.6) is 11.5 Å². The molecule has 2 N–H and O–H groups in total. The maximum Gasteiger partial charge on any atom is 0.303 e. The maximum atomic E-state index is 12.1. The van der Waals surface area contributed by atoms with Crippen LogP contribution in [0.15, 0.2) is 18.2 Å². The number of aromatic hydroxyl groups is 1. The summed E-state index contributed by atoms with van der Waals surface area (Å²) < 4.78 is 5.87. The summed E-state index contributed by atoms with van der Waals surface area (Å²) in [7, 11) is 0. The molecular formula is C15H18O5. The van der Waals surface area contributed by atoms with Gasteiger partial charge in [0.2, 0.25) is 0 Å². The number of aliphatic carboxylic acids is 1. The number of ether oxygens (including phenoxy) is 1. The van der Waals surface area contributed by atoms with Gasteiger partial charge in [-0.1, -0.05) is 0 Å². The number of ketones is 1. The van der Waals surface area contributed by atoms with Crippen molar-refractivity contribution in [3.63, 3.8) is 0 Å². The Morgan fingerprint density at radius 2 is 2.15 bits per heavy atom. The molecule has 0 amide bonds. The average molecular weight is 278 g/mol. The Kier molecular flexibility index (Phi) is 3.97. The lowest BCUT2D eigenvalue weighted by Crippen LogP contribution is -2.39. The fourth-order valence-corrected chi connectivity index (χ4v) is 2.48. The first-order valence-corrected chi connectivity index (χ1v) is 6.67. The fourth-order valence-electron chi connectivity index (χ4n) is 2.48. The summed E-state index contributed by atoms with van der Waals surface area (Å²) in [4.78, 5) is 22.6. The van der Waals surface area contributed by atoms with E-state index >= 15 is 0 Å². The zero-order valence-corrected chi connectivity index (χ0v) is 11.4. The van der Waals surface area contributed by atoms with Crippen LogP contribution in [-0.4, -0.2) is 27.6 Å². The van der Waals surface area contributed by atoms with E-state index in [2.05, 4.69) is 0 Å². The molecule has 0 bridgehead atoms. The number of Topliss-reactive ketones (excluding diaryl/α,β-unsaturated/α-hetero) is 1. The van der Waals surface area contributed by atoms with Crippen LogP contribution in [0.3, 0.4) is 0 Å². The summed E-state index contributed by atoms with van der Waals surface area (Å²) in [5.74, 6) is -0.329. The minimum atomic E-state index is -0.809.